The molecule has 0 aliphatic carbocycles. The predicted molar refractivity (Wildman–Crippen MR) is 158 cm³/mol. The molecule has 5 rings (SSSR count). The number of carbonyl (C=O) groups excluding carboxylic acids is 3. The Morgan fingerprint density at radius 1 is 0.953 bits per heavy atom. The van der Waals surface area contributed by atoms with E-state index < -0.39 is 40.9 Å². The minimum absolute atomic E-state index is 0.0328. The summed E-state index contributed by atoms with van der Waals surface area (Å²) in [5.41, 5.74) is 1.78. The topological polar surface area (TPSA) is 128 Å². The van der Waals surface area contributed by atoms with Crippen LogP contribution >= 0.6 is 11.6 Å². The summed E-state index contributed by atoms with van der Waals surface area (Å²) in [5, 5.41) is 17.1. The number of benzene rings is 4. The first-order chi connectivity index (χ1) is 20.8. The molecule has 4 aromatic rings. The lowest BCUT2D eigenvalue weighted by Crippen LogP contribution is -2.31. The maximum atomic E-state index is 13.4. The molecule has 0 bridgehead atoms. The molecule has 43 heavy (non-hydrogen) atoms. The normalized spacial score (nSPS) is 14.1. The number of ketones is 1. The van der Waals surface area contributed by atoms with Gasteiger partial charge in [0.2, 0.25) is 0 Å². The molecular weight excluding hydrogens is 574 g/mol. The Hall–Kier alpha value is -5.35. The zero-order chi connectivity index (χ0) is 30.5. The van der Waals surface area contributed by atoms with Crippen molar-refractivity contribution in [3.8, 4) is 5.75 Å². The van der Waals surface area contributed by atoms with Crippen LogP contribution in [0, 0.1) is 10.1 Å². The predicted octanol–water partition coefficient (Wildman–Crippen LogP) is 6.02. The van der Waals surface area contributed by atoms with Crippen molar-refractivity contribution in [1.29, 1.82) is 0 Å². The number of nitro benzene ring substituents is 1. The van der Waals surface area contributed by atoms with Crippen molar-refractivity contribution in [2.75, 3.05) is 13.7 Å². The van der Waals surface area contributed by atoms with Gasteiger partial charge in [-0.25, -0.2) is 9.80 Å². The Bertz CT molecular complexity index is 1740. The van der Waals surface area contributed by atoms with Crippen LogP contribution in [0.5, 0.6) is 5.75 Å². The quantitative estimate of drug-likeness (QED) is 0.0998. The first-order valence-electron chi connectivity index (χ1n) is 13.1. The molecule has 0 saturated heterocycles. The average Bonchev–Trinajstić information content (AvgIpc) is 3.49. The highest BCUT2D eigenvalue weighted by molar-refractivity contribution is 6.33. The summed E-state index contributed by atoms with van der Waals surface area (Å²) in [4.78, 5) is 50.4. The molecule has 1 heterocycles. The monoisotopic (exact) mass is 597 g/mol. The van der Waals surface area contributed by atoms with Crippen LogP contribution in [0.4, 0.5) is 5.69 Å². The molecular formula is C32H24ClN3O7. The van der Waals surface area contributed by atoms with Gasteiger partial charge in [-0.15, -0.1) is 0 Å². The molecule has 0 spiro atoms. The van der Waals surface area contributed by atoms with Gasteiger partial charge < -0.3 is 9.47 Å². The molecule has 0 N–H and O–H groups in total. The second kappa shape index (κ2) is 12.7. The van der Waals surface area contributed by atoms with Crippen molar-refractivity contribution in [1.82, 2.24) is 5.01 Å². The number of nitro groups is 1. The zero-order valence-corrected chi connectivity index (χ0v) is 23.6. The number of halogens is 1. The zero-order valence-electron chi connectivity index (χ0n) is 22.8. The molecule has 1 atom stereocenters. The van der Waals surface area contributed by atoms with E-state index in [0.717, 1.165) is 17.2 Å². The largest absolute Gasteiger partial charge is 0.497 e. The van der Waals surface area contributed by atoms with Crippen molar-refractivity contribution in [3.05, 3.63) is 140 Å². The van der Waals surface area contributed by atoms with Gasteiger partial charge in [-0.3, -0.25) is 19.7 Å². The van der Waals surface area contributed by atoms with E-state index in [1.807, 2.05) is 42.5 Å². The summed E-state index contributed by atoms with van der Waals surface area (Å²) < 4.78 is 10.6. The number of methoxy groups -OCH3 is 1. The Morgan fingerprint density at radius 3 is 2.30 bits per heavy atom. The summed E-state index contributed by atoms with van der Waals surface area (Å²) in [5.74, 6) is -1.44. The average molecular weight is 598 g/mol. The van der Waals surface area contributed by atoms with E-state index in [1.165, 1.54) is 35.3 Å². The third-order valence-electron chi connectivity index (χ3n) is 6.90. The van der Waals surface area contributed by atoms with Crippen LogP contribution < -0.4 is 4.74 Å². The van der Waals surface area contributed by atoms with E-state index >= 15 is 0 Å². The highest BCUT2D eigenvalue weighted by atomic mass is 35.5. The smallest absolute Gasteiger partial charge is 0.339 e. The first kappa shape index (κ1) is 29.2. The van der Waals surface area contributed by atoms with Crippen molar-refractivity contribution in [3.63, 3.8) is 0 Å². The van der Waals surface area contributed by atoms with E-state index in [0.29, 0.717) is 17.9 Å². The first-order valence-corrected chi connectivity index (χ1v) is 13.5. The third-order valence-corrected chi connectivity index (χ3v) is 7.22. The van der Waals surface area contributed by atoms with E-state index in [4.69, 9.17) is 21.1 Å². The van der Waals surface area contributed by atoms with E-state index in [9.17, 15) is 24.5 Å². The molecule has 10 nitrogen and oxygen atoms in total. The highest BCUT2D eigenvalue weighted by Crippen LogP contribution is 2.34. The second-order valence-electron chi connectivity index (χ2n) is 9.52. The van der Waals surface area contributed by atoms with E-state index in [1.54, 1.807) is 25.3 Å². The van der Waals surface area contributed by atoms with Crippen LogP contribution in [0.2, 0.25) is 5.02 Å². The number of rotatable bonds is 9. The van der Waals surface area contributed by atoms with Gasteiger partial charge in [0, 0.05) is 23.6 Å². The maximum Gasteiger partial charge on any atom is 0.339 e. The molecule has 0 fully saturated rings. The van der Waals surface area contributed by atoms with E-state index in [-0.39, 0.29) is 21.7 Å². The number of hydrazone groups is 1. The summed E-state index contributed by atoms with van der Waals surface area (Å²) in [6.07, 6.45) is 0.445. The van der Waals surface area contributed by atoms with Crippen LogP contribution in [-0.2, 0) is 9.53 Å². The van der Waals surface area contributed by atoms with E-state index in [2.05, 4.69) is 5.10 Å². The number of ether oxygens (including phenoxy) is 2. The fraction of sp³-hybridized carbons (Fsp3) is 0.125. The molecule has 1 aliphatic heterocycles. The number of esters is 1. The van der Waals surface area contributed by atoms with Gasteiger partial charge in [0.15, 0.2) is 12.4 Å². The second-order valence-corrected chi connectivity index (χ2v) is 9.93. The molecule has 1 unspecified atom stereocenters. The number of amides is 1. The van der Waals surface area contributed by atoms with Crippen molar-refractivity contribution < 1.29 is 28.8 Å². The molecule has 4 aromatic carbocycles. The van der Waals surface area contributed by atoms with Crippen LogP contribution in [0.15, 0.2) is 102 Å². The van der Waals surface area contributed by atoms with Crippen LogP contribution in [0.1, 0.15) is 49.9 Å². The van der Waals surface area contributed by atoms with Gasteiger partial charge in [-0.1, -0.05) is 72.3 Å². The number of hydrogen-bond acceptors (Lipinski definition) is 8. The minimum Gasteiger partial charge on any atom is -0.497 e. The van der Waals surface area contributed by atoms with Crippen molar-refractivity contribution in [2.45, 2.75) is 12.5 Å². The number of hydrogen-bond donors (Lipinski definition) is 0. The Balaban J connectivity index is 1.36. The number of nitrogens with zero attached hydrogens (tertiary/aromatic N) is 3. The van der Waals surface area contributed by atoms with Crippen LogP contribution in [-0.4, -0.2) is 47.0 Å². The van der Waals surface area contributed by atoms with Gasteiger partial charge in [-0.2, -0.15) is 5.10 Å². The summed E-state index contributed by atoms with van der Waals surface area (Å²) >= 11 is 5.88. The van der Waals surface area contributed by atoms with Gasteiger partial charge in [0.25, 0.3) is 11.6 Å². The number of carbonyl (C=O) groups is 3. The Labute approximate surface area is 251 Å². The standard InChI is InChI=1S/C32H24ClN3O7/c1-42-23-14-11-21(12-15-23)28-18-27(20-7-3-2-4-8-20)34-35(28)30(37)19-43-32(39)25-10-6-5-9-24(25)31(38)22-13-16-26(33)29(17-22)36(40)41/h2-17,28H,18-19H2,1H3. The van der Waals surface area contributed by atoms with Gasteiger partial charge in [0.1, 0.15) is 10.8 Å². The van der Waals surface area contributed by atoms with Crippen molar-refractivity contribution in [2.24, 2.45) is 5.10 Å². The lowest BCUT2D eigenvalue weighted by atomic mass is 9.98. The summed E-state index contributed by atoms with van der Waals surface area (Å²) in [7, 11) is 1.57. The van der Waals surface area contributed by atoms with Crippen LogP contribution in [0.3, 0.4) is 0 Å². The summed E-state index contributed by atoms with van der Waals surface area (Å²) in [6, 6.07) is 25.8. The fourth-order valence-electron chi connectivity index (χ4n) is 4.71. The maximum absolute atomic E-state index is 13.4. The lowest BCUT2D eigenvalue weighted by molar-refractivity contribution is -0.384. The fourth-order valence-corrected chi connectivity index (χ4v) is 4.90. The minimum atomic E-state index is -0.909. The molecule has 1 amide bonds. The molecule has 216 valence electrons. The molecule has 0 saturated carbocycles. The highest BCUT2D eigenvalue weighted by Gasteiger charge is 2.34. The van der Waals surface area contributed by atoms with Gasteiger partial charge in [0.05, 0.1) is 29.4 Å². The van der Waals surface area contributed by atoms with Crippen LogP contribution in [0.25, 0.3) is 0 Å². The third kappa shape index (κ3) is 6.29. The lowest BCUT2D eigenvalue weighted by Gasteiger charge is -2.22. The van der Waals surface area contributed by atoms with Gasteiger partial charge >= 0.3 is 5.97 Å². The van der Waals surface area contributed by atoms with Gasteiger partial charge in [-0.05, 0) is 41.5 Å². The molecule has 11 heteroatoms. The Kier molecular flexibility index (Phi) is 8.59. The van der Waals surface area contributed by atoms with Crippen molar-refractivity contribution >= 4 is 40.7 Å². The SMILES string of the molecule is COc1ccc(C2CC(c3ccccc3)=NN2C(=O)COC(=O)c2ccccc2C(=O)c2ccc(Cl)c([N+](=O)[O-])c2)cc1. The molecule has 0 radical (unpaired) electrons. The Morgan fingerprint density at radius 2 is 1.63 bits per heavy atom. The molecule has 1 aliphatic rings. The summed E-state index contributed by atoms with van der Waals surface area (Å²) in [6.45, 7) is -0.633. The molecule has 0 aromatic heterocycles.